The van der Waals surface area contributed by atoms with E-state index in [9.17, 15) is 5.11 Å². The van der Waals surface area contributed by atoms with Gasteiger partial charge in [0.15, 0.2) is 5.76 Å². The standard InChI is InChI=1S/C27H26N2O2/c1-18(28-23-16-8-15-22-21(23)14-9-17-24(22)30)27-29-25(19-10-4-2-5-11-19)26(31-27)20-12-6-3-7-13-20/h2-7,9-14,17-18,23,28,30H,8,15-16H2,1H3. The Morgan fingerprint density at radius 1 is 0.935 bits per heavy atom. The first-order valence-electron chi connectivity index (χ1n) is 10.9. The molecule has 5 rings (SSSR count). The van der Waals surface area contributed by atoms with Crippen LogP contribution in [0, 0.1) is 0 Å². The van der Waals surface area contributed by atoms with Crippen molar-refractivity contribution in [2.75, 3.05) is 0 Å². The van der Waals surface area contributed by atoms with Gasteiger partial charge in [-0.25, -0.2) is 4.98 Å². The molecule has 156 valence electrons. The molecule has 4 nitrogen and oxygen atoms in total. The Bertz CT molecular complexity index is 1110. The lowest BCUT2D eigenvalue weighted by molar-refractivity contribution is 0.357. The summed E-state index contributed by atoms with van der Waals surface area (Å²) in [5.74, 6) is 1.85. The van der Waals surface area contributed by atoms with Gasteiger partial charge in [0.1, 0.15) is 11.4 Å². The van der Waals surface area contributed by atoms with Crippen LogP contribution in [0.2, 0.25) is 0 Å². The van der Waals surface area contributed by atoms with Crippen molar-refractivity contribution in [1.82, 2.24) is 10.3 Å². The van der Waals surface area contributed by atoms with E-state index < -0.39 is 0 Å². The minimum atomic E-state index is -0.0711. The van der Waals surface area contributed by atoms with E-state index in [1.54, 1.807) is 6.07 Å². The number of nitrogens with zero attached hydrogens (tertiary/aromatic N) is 1. The summed E-state index contributed by atoms with van der Waals surface area (Å²) in [4.78, 5) is 4.92. The SMILES string of the molecule is CC(NC1CCCc2c(O)cccc21)c1nc(-c2ccccc2)c(-c2ccccc2)o1. The van der Waals surface area contributed by atoms with Crippen LogP contribution in [-0.2, 0) is 6.42 Å². The zero-order valence-corrected chi connectivity index (χ0v) is 17.6. The molecule has 0 aliphatic heterocycles. The fourth-order valence-corrected chi connectivity index (χ4v) is 4.47. The highest BCUT2D eigenvalue weighted by Gasteiger charge is 2.26. The lowest BCUT2D eigenvalue weighted by Crippen LogP contribution is -2.28. The number of fused-ring (bicyclic) bond motifs is 1. The van der Waals surface area contributed by atoms with Crippen molar-refractivity contribution < 1.29 is 9.52 Å². The van der Waals surface area contributed by atoms with E-state index >= 15 is 0 Å². The second-order valence-electron chi connectivity index (χ2n) is 8.14. The van der Waals surface area contributed by atoms with Crippen molar-refractivity contribution >= 4 is 0 Å². The minimum absolute atomic E-state index is 0.0711. The maximum atomic E-state index is 10.3. The minimum Gasteiger partial charge on any atom is -0.508 e. The molecule has 2 atom stereocenters. The second-order valence-corrected chi connectivity index (χ2v) is 8.14. The van der Waals surface area contributed by atoms with Crippen LogP contribution in [0.15, 0.2) is 83.3 Å². The summed E-state index contributed by atoms with van der Waals surface area (Å²) >= 11 is 0. The highest BCUT2D eigenvalue weighted by Crippen LogP contribution is 2.38. The average Bonchev–Trinajstić information content (AvgIpc) is 3.27. The zero-order valence-electron chi connectivity index (χ0n) is 17.6. The molecule has 0 radical (unpaired) electrons. The molecular weight excluding hydrogens is 384 g/mol. The van der Waals surface area contributed by atoms with Crippen molar-refractivity contribution in [2.45, 2.75) is 38.3 Å². The smallest absolute Gasteiger partial charge is 0.212 e. The number of rotatable bonds is 5. The van der Waals surface area contributed by atoms with E-state index in [2.05, 4.69) is 42.6 Å². The highest BCUT2D eigenvalue weighted by molar-refractivity contribution is 5.76. The monoisotopic (exact) mass is 410 g/mol. The van der Waals surface area contributed by atoms with Gasteiger partial charge in [0.2, 0.25) is 5.89 Å². The molecule has 4 heteroatoms. The Labute approximate surface area is 182 Å². The number of aromatic nitrogens is 1. The fraction of sp³-hybridized carbons (Fsp3) is 0.222. The molecule has 2 unspecified atom stereocenters. The molecule has 1 aromatic heterocycles. The molecule has 0 amide bonds. The molecule has 0 saturated heterocycles. The highest BCUT2D eigenvalue weighted by atomic mass is 16.4. The van der Waals surface area contributed by atoms with Gasteiger partial charge in [-0.3, -0.25) is 5.32 Å². The Kier molecular flexibility index (Phi) is 5.31. The number of phenolic OH excluding ortho intramolecular Hbond substituents is 1. The maximum Gasteiger partial charge on any atom is 0.212 e. The van der Waals surface area contributed by atoms with Crippen molar-refractivity contribution in [3.05, 3.63) is 95.9 Å². The molecule has 1 aliphatic carbocycles. The van der Waals surface area contributed by atoms with Crippen molar-refractivity contribution in [1.29, 1.82) is 0 Å². The van der Waals surface area contributed by atoms with Gasteiger partial charge in [-0.1, -0.05) is 72.8 Å². The molecule has 1 heterocycles. The Morgan fingerprint density at radius 3 is 2.39 bits per heavy atom. The first kappa shape index (κ1) is 19.6. The van der Waals surface area contributed by atoms with Crippen LogP contribution in [0.1, 0.15) is 48.9 Å². The van der Waals surface area contributed by atoms with Gasteiger partial charge in [-0.2, -0.15) is 0 Å². The van der Waals surface area contributed by atoms with Gasteiger partial charge in [-0.15, -0.1) is 0 Å². The van der Waals surface area contributed by atoms with Crippen LogP contribution >= 0.6 is 0 Å². The Balaban J connectivity index is 1.49. The molecule has 1 aliphatic rings. The molecule has 0 saturated carbocycles. The number of nitrogens with one attached hydrogen (secondary N) is 1. The van der Waals surface area contributed by atoms with E-state index in [4.69, 9.17) is 9.40 Å². The largest absolute Gasteiger partial charge is 0.508 e. The number of benzene rings is 3. The number of phenols is 1. The lowest BCUT2D eigenvalue weighted by Gasteiger charge is -2.28. The predicted octanol–water partition coefficient (Wildman–Crippen LogP) is 6.44. The van der Waals surface area contributed by atoms with Gasteiger partial charge in [0.25, 0.3) is 0 Å². The molecule has 31 heavy (non-hydrogen) atoms. The Hall–Kier alpha value is -3.37. The van der Waals surface area contributed by atoms with Crippen molar-refractivity contribution in [3.8, 4) is 28.3 Å². The van der Waals surface area contributed by atoms with Crippen LogP contribution < -0.4 is 5.32 Å². The first-order chi connectivity index (χ1) is 15.2. The van der Waals surface area contributed by atoms with E-state index in [-0.39, 0.29) is 12.1 Å². The van der Waals surface area contributed by atoms with Gasteiger partial charge in [0.05, 0.1) is 6.04 Å². The van der Waals surface area contributed by atoms with Gasteiger partial charge >= 0.3 is 0 Å². The lowest BCUT2D eigenvalue weighted by atomic mass is 9.86. The molecule has 0 fully saturated rings. The van der Waals surface area contributed by atoms with E-state index in [0.717, 1.165) is 47.4 Å². The molecule has 0 spiro atoms. The summed E-state index contributed by atoms with van der Waals surface area (Å²) in [6.45, 7) is 2.09. The normalized spacial score (nSPS) is 16.6. The second kappa shape index (κ2) is 8.40. The van der Waals surface area contributed by atoms with Gasteiger partial charge in [-0.05, 0) is 43.4 Å². The number of oxazole rings is 1. The van der Waals surface area contributed by atoms with Gasteiger partial charge < -0.3 is 9.52 Å². The number of aromatic hydroxyl groups is 1. The zero-order chi connectivity index (χ0) is 21.2. The summed E-state index contributed by atoms with van der Waals surface area (Å²) in [5, 5.41) is 14.0. The summed E-state index contributed by atoms with van der Waals surface area (Å²) < 4.78 is 6.35. The van der Waals surface area contributed by atoms with Crippen LogP contribution in [0.5, 0.6) is 5.75 Å². The molecule has 0 bridgehead atoms. The molecular formula is C27H26N2O2. The molecule has 2 N–H and O–H groups in total. The van der Waals surface area contributed by atoms with Crippen LogP contribution in [0.3, 0.4) is 0 Å². The summed E-state index contributed by atoms with van der Waals surface area (Å²) in [6.07, 6.45) is 2.99. The van der Waals surface area contributed by atoms with Crippen molar-refractivity contribution in [2.24, 2.45) is 0 Å². The average molecular weight is 411 g/mol. The molecule has 4 aromatic rings. The summed E-state index contributed by atoms with van der Waals surface area (Å²) in [6, 6.07) is 26.2. The topological polar surface area (TPSA) is 58.3 Å². The predicted molar refractivity (Wildman–Crippen MR) is 123 cm³/mol. The first-order valence-corrected chi connectivity index (χ1v) is 10.9. The maximum absolute atomic E-state index is 10.3. The summed E-state index contributed by atoms with van der Waals surface area (Å²) in [7, 11) is 0. The third-order valence-corrected chi connectivity index (χ3v) is 6.03. The van der Waals surface area contributed by atoms with E-state index in [1.165, 1.54) is 5.56 Å². The van der Waals surface area contributed by atoms with Crippen molar-refractivity contribution in [3.63, 3.8) is 0 Å². The summed E-state index contributed by atoms with van der Waals surface area (Å²) in [5.41, 5.74) is 5.14. The number of hydrogen-bond acceptors (Lipinski definition) is 4. The fourth-order valence-electron chi connectivity index (χ4n) is 4.47. The van der Waals surface area contributed by atoms with Gasteiger partial charge in [0, 0.05) is 17.2 Å². The molecule has 3 aromatic carbocycles. The Morgan fingerprint density at radius 2 is 1.65 bits per heavy atom. The van der Waals surface area contributed by atoms with Crippen LogP contribution in [0.4, 0.5) is 0 Å². The van der Waals surface area contributed by atoms with E-state index in [0.29, 0.717) is 11.6 Å². The third-order valence-electron chi connectivity index (χ3n) is 6.03. The van der Waals surface area contributed by atoms with Crippen LogP contribution in [-0.4, -0.2) is 10.1 Å². The van der Waals surface area contributed by atoms with Crippen LogP contribution in [0.25, 0.3) is 22.6 Å². The quantitative estimate of drug-likeness (QED) is 0.397. The third kappa shape index (κ3) is 3.87. The number of hydrogen-bond donors (Lipinski definition) is 2. The van der Waals surface area contributed by atoms with E-state index in [1.807, 2.05) is 42.5 Å².